The highest BCUT2D eigenvalue weighted by Crippen LogP contribution is 2.11. The molecule has 0 aliphatic heterocycles. The fraction of sp³-hybridized carbons (Fsp3) is 0.533. The molecule has 0 saturated heterocycles. The van der Waals surface area contributed by atoms with E-state index in [1.807, 2.05) is 6.92 Å². The van der Waals surface area contributed by atoms with Crippen LogP contribution in [0.4, 0.5) is 0 Å². The Morgan fingerprint density at radius 3 is 2.65 bits per heavy atom. The summed E-state index contributed by atoms with van der Waals surface area (Å²) in [6, 6.07) is 5.02. The summed E-state index contributed by atoms with van der Waals surface area (Å²) in [6.07, 6.45) is 3.35. The van der Waals surface area contributed by atoms with Crippen LogP contribution in [0.2, 0.25) is 0 Å². The van der Waals surface area contributed by atoms with Gasteiger partial charge in [-0.15, -0.1) is 10.2 Å². The summed E-state index contributed by atoms with van der Waals surface area (Å²) in [4.78, 5) is 12.0. The summed E-state index contributed by atoms with van der Waals surface area (Å²) in [5, 5.41) is 10.0. The van der Waals surface area contributed by atoms with Crippen molar-refractivity contribution in [2.24, 2.45) is 5.92 Å². The Morgan fingerprint density at radius 2 is 1.96 bits per heavy atom. The lowest BCUT2D eigenvalue weighted by molar-refractivity contribution is -0.119. The molecule has 7 nitrogen and oxygen atoms in total. The van der Waals surface area contributed by atoms with E-state index in [0.717, 1.165) is 12.8 Å². The van der Waals surface area contributed by atoms with Gasteiger partial charge in [-0.3, -0.25) is 9.20 Å². The minimum atomic E-state index is -3.84. The van der Waals surface area contributed by atoms with Gasteiger partial charge in [0.15, 0.2) is 5.65 Å². The number of carbonyl (C=O) groups is 1. The zero-order valence-corrected chi connectivity index (χ0v) is 14.4. The van der Waals surface area contributed by atoms with Gasteiger partial charge in [-0.05, 0) is 37.8 Å². The first-order valence-corrected chi connectivity index (χ1v) is 9.26. The van der Waals surface area contributed by atoms with Gasteiger partial charge in [-0.1, -0.05) is 19.9 Å². The number of hydrogen-bond acceptors (Lipinski definition) is 5. The highest BCUT2D eigenvalue weighted by atomic mass is 32.2. The van der Waals surface area contributed by atoms with E-state index in [4.69, 9.17) is 0 Å². The number of hydrogen-bond donors (Lipinski definition) is 1. The van der Waals surface area contributed by atoms with E-state index in [9.17, 15) is 13.2 Å². The molecule has 0 radical (unpaired) electrons. The molecule has 126 valence electrons. The van der Waals surface area contributed by atoms with Crippen LogP contribution in [-0.2, 0) is 14.6 Å². The maximum Gasteiger partial charge on any atom is 0.254 e. The van der Waals surface area contributed by atoms with Crippen LogP contribution in [0.25, 0.3) is 5.65 Å². The van der Waals surface area contributed by atoms with E-state index >= 15 is 0 Å². The number of rotatable bonds is 7. The summed E-state index contributed by atoms with van der Waals surface area (Å²) < 4.78 is 26.1. The largest absolute Gasteiger partial charge is 0.353 e. The first-order valence-electron chi connectivity index (χ1n) is 7.61. The van der Waals surface area contributed by atoms with E-state index in [1.165, 1.54) is 4.40 Å². The van der Waals surface area contributed by atoms with E-state index < -0.39 is 21.5 Å². The van der Waals surface area contributed by atoms with Crippen LogP contribution in [0, 0.1) is 5.92 Å². The highest BCUT2D eigenvalue weighted by Gasteiger charge is 2.25. The molecule has 0 unspecified atom stereocenters. The molecule has 0 bridgehead atoms. The van der Waals surface area contributed by atoms with Crippen LogP contribution in [-0.4, -0.2) is 40.7 Å². The van der Waals surface area contributed by atoms with Gasteiger partial charge in [0.05, 0.1) is 0 Å². The third kappa shape index (κ3) is 4.51. The number of nitrogens with zero attached hydrogens (tertiary/aromatic N) is 3. The number of aromatic nitrogens is 3. The molecule has 1 N–H and O–H groups in total. The van der Waals surface area contributed by atoms with Crippen LogP contribution in [0.1, 0.15) is 33.6 Å². The summed E-state index contributed by atoms with van der Waals surface area (Å²) in [5.41, 5.74) is 0.428. The molecule has 2 aromatic heterocycles. The number of pyridine rings is 1. The van der Waals surface area contributed by atoms with Gasteiger partial charge in [-0.2, -0.15) is 0 Å². The zero-order valence-electron chi connectivity index (χ0n) is 13.6. The molecular weight excluding hydrogens is 316 g/mol. The van der Waals surface area contributed by atoms with Gasteiger partial charge in [0.2, 0.25) is 15.7 Å². The van der Waals surface area contributed by atoms with Gasteiger partial charge in [0.25, 0.3) is 5.16 Å². The molecule has 0 aliphatic carbocycles. The summed E-state index contributed by atoms with van der Waals surface area (Å²) in [6.45, 7) is 6.09. The molecule has 0 aromatic carbocycles. The van der Waals surface area contributed by atoms with Crippen molar-refractivity contribution in [1.29, 1.82) is 0 Å². The number of carbonyl (C=O) groups excluding carboxylic acids is 1. The average molecular weight is 338 g/mol. The van der Waals surface area contributed by atoms with Crippen LogP contribution >= 0.6 is 0 Å². The van der Waals surface area contributed by atoms with Crippen molar-refractivity contribution in [3.05, 3.63) is 24.4 Å². The minimum absolute atomic E-state index is 0.0600. The maximum atomic E-state index is 12.4. The molecular formula is C15H22N4O3S. The lowest BCUT2D eigenvalue weighted by atomic mass is 10.0. The number of fused-ring (bicyclic) bond motifs is 1. The van der Waals surface area contributed by atoms with Crippen LogP contribution in [0.5, 0.6) is 0 Å². The van der Waals surface area contributed by atoms with E-state index in [0.29, 0.717) is 11.6 Å². The Balaban J connectivity index is 2.05. The second kappa shape index (κ2) is 7.08. The number of amides is 1. The van der Waals surface area contributed by atoms with E-state index in [1.54, 1.807) is 24.4 Å². The van der Waals surface area contributed by atoms with Crippen molar-refractivity contribution >= 4 is 21.4 Å². The third-order valence-corrected chi connectivity index (χ3v) is 4.94. The Bertz CT molecular complexity index is 783. The monoisotopic (exact) mass is 338 g/mol. The van der Waals surface area contributed by atoms with Crippen molar-refractivity contribution in [2.75, 3.05) is 5.75 Å². The second-order valence-corrected chi connectivity index (χ2v) is 7.99. The zero-order chi connectivity index (χ0) is 17.0. The SMILES string of the molecule is CC(C)CC[C@H](C)NC(=O)CS(=O)(=O)c1nnc2ccccn12. The van der Waals surface area contributed by atoms with E-state index in [2.05, 4.69) is 29.4 Å². The average Bonchev–Trinajstić information content (AvgIpc) is 2.89. The second-order valence-electron chi connectivity index (χ2n) is 6.11. The third-order valence-electron chi connectivity index (χ3n) is 3.47. The Labute approximate surface area is 136 Å². The quantitative estimate of drug-likeness (QED) is 0.824. The Hall–Kier alpha value is -1.96. The molecule has 2 aromatic rings. The molecule has 0 aliphatic rings. The highest BCUT2D eigenvalue weighted by molar-refractivity contribution is 7.91. The van der Waals surface area contributed by atoms with Crippen LogP contribution < -0.4 is 5.32 Å². The minimum Gasteiger partial charge on any atom is -0.353 e. The van der Waals surface area contributed by atoms with Crippen molar-refractivity contribution in [1.82, 2.24) is 19.9 Å². The van der Waals surface area contributed by atoms with Gasteiger partial charge in [-0.25, -0.2) is 8.42 Å². The fourth-order valence-corrected chi connectivity index (χ4v) is 3.42. The lowest BCUT2D eigenvalue weighted by Gasteiger charge is -2.14. The molecule has 0 saturated carbocycles. The lowest BCUT2D eigenvalue weighted by Crippen LogP contribution is -2.37. The molecule has 0 spiro atoms. The first-order chi connectivity index (χ1) is 10.8. The molecule has 8 heteroatoms. The maximum absolute atomic E-state index is 12.4. The number of nitrogens with one attached hydrogen (secondary N) is 1. The van der Waals surface area contributed by atoms with Gasteiger partial charge >= 0.3 is 0 Å². The van der Waals surface area contributed by atoms with Crippen LogP contribution in [0.3, 0.4) is 0 Å². The molecule has 2 rings (SSSR count). The van der Waals surface area contributed by atoms with Crippen molar-refractivity contribution in [2.45, 2.75) is 44.8 Å². The first kappa shape index (κ1) is 17.4. The summed E-state index contributed by atoms with van der Waals surface area (Å²) in [7, 11) is -3.84. The molecule has 2 heterocycles. The topological polar surface area (TPSA) is 93.4 Å². The van der Waals surface area contributed by atoms with Crippen LogP contribution in [0.15, 0.2) is 29.6 Å². The van der Waals surface area contributed by atoms with Gasteiger partial charge in [0, 0.05) is 12.2 Å². The van der Waals surface area contributed by atoms with Gasteiger partial charge < -0.3 is 5.32 Å². The Kier molecular flexibility index (Phi) is 5.35. The number of sulfone groups is 1. The van der Waals surface area contributed by atoms with Crippen molar-refractivity contribution in [3.8, 4) is 0 Å². The molecule has 23 heavy (non-hydrogen) atoms. The predicted octanol–water partition coefficient (Wildman–Crippen LogP) is 1.44. The summed E-state index contributed by atoms with van der Waals surface area (Å²) >= 11 is 0. The fourth-order valence-electron chi connectivity index (χ4n) is 2.24. The smallest absolute Gasteiger partial charge is 0.254 e. The Morgan fingerprint density at radius 1 is 1.22 bits per heavy atom. The summed E-state index contributed by atoms with van der Waals surface area (Å²) in [5.74, 6) is -0.608. The predicted molar refractivity (Wildman–Crippen MR) is 86.7 cm³/mol. The van der Waals surface area contributed by atoms with E-state index in [-0.39, 0.29) is 11.2 Å². The van der Waals surface area contributed by atoms with Gasteiger partial charge in [0.1, 0.15) is 5.75 Å². The van der Waals surface area contributed by atoms with Crippen molar-refractivity contribution < 1.29 is 13.2 Å². The normalized spacial score (nSPS) is 13.4. The molecule has 1 amide bonds. The standard InChI is InChI=1S/C15H22N4O3S/c1-11(2)7-8-12(3)16-14(20)10-23(21,22)15-18-17-13-6-4-5-9-19(13)15/h4-6,9,11-12H,7-8,10H2,1-3H3,(H,16,20)/t12-/m0/s1. The van der Waals surface area contributed by atoms with Crippen molar-refractivity contribution in [3.63, 3.8) is 0 Å². The molecule has 0 fully saturated rings. The molecule has 1 atom stereocenters.